The van der Waals surface area contributed by atoms with Crippen LogP contribution in [-0.4, -0.2) is 12.1 Å². The van der Waals surface area contributed by atoms with Crippen molar-refractivity contribution in [3.63, 3.8) is 0 Å². The second-order valence-electron chi connectivity index (χ2n) is 4.93. The van der Waals surface area contributed by atoms with Crippen LogP contribution in [0.3, 0.4) is 0 Å². The van der Waals surface area contributed by atoms with Gasteiger partial charge in [0, 0.05) is 28.0 Å². The first-order chi connectivity index (χ1) is 8.11. The molecule has 0 radical (unpaired) electrons. The minimum atomic E-state index is 0.550. The summed E-state index contributed by atoms with van der Waals surface area (Å²) in [6.45, 7) is 4.44. The lowest BCUT2D eigenvalue weighted by Gasteiger charge is -2.40. The molecule has 0 amide bonds. The minimum Gasteiger partial charge on any atom is -0.311 e. The monoisotopic (exact) mass is 271 g/mol. The summed E-state index contributed by atoms with van der Waals surface area (Å²) in [5.41, 5.74) is 1.24. The fourth-order valence-electron chi connectivity index (χ4n) is 2.36. The van der Waals surface area contributed by atoms with Gasteiger partial charge in [-0.15, -0.1) is 0 Å². The van der Waals surface area contributed by atoms with Gasteiger partial charge in [0.25, 0.3) is 0 Å². The first-order valence-electron chi connectivity index (χ1n) is 6.32. The van der Waals surface area contributed by atoms with E-state index in [0.717, 1.165) is 11.4 Å². The fraction of sp³-hybridized carbons (Fsp3) is 0.571. The van der Waals surface area contributed by atoms with E-state index >= 15 is 0 Å². The Bertz CT molecular complexity index is 392. The zero-order valence-corrected chi connectivity index (χ0v) is 11.9. The SMILES string of the molecule is CCC(C)NC1CCC1c1ccc(Cl)cc1Cl. The molecular formula is C14H19Cl2N. The lowest BCUT2D eigenvalue weighted by Crippen LogP contribution is -2.46. The molecular weight excluding hydrogens is 253 g/mol. The number of nitrogens with one attached hydrogen (secondary N) is 1. The molecule has 1 fully saturated rings. The minimum absolute atomic E-state index is 0.550. The van der Waals surface area contributed by atoms with Crippen LogP contribution >= 0.6 is 23.2 Å². The molecule has 1 aromatic carbocycles. The van der Waals surface area contributed by atoms with Gasteiger partial charge in [-0.05, 0) is 43.9 Å². The van der Waals surface area contributed by atoms with E-state index in [4.69, 9.17) is 23.2 Å². The molecule has 0 aromatic heterocycles. The molecule has 94 valence electrons. The van der Waals surface area contributed by atoms with Crippen LogP contribution in [0.15, 0.2) is 18.2 Å². The van der Waals surface area contributed by atoms with Gasteiger partial charge in [-0.2, -0.15) is 0 Å². The maximum Gasteiger partial charge on any atom is 0.0456 e. The lowest BCUT2D eigenvalue weighted by atomic mass is 9.74. The van der Waals surface area contributed by atoms with Gasteiger partial charge in [-0.1, -0.05) is 36.2 Å². The molecule has 0 bridgehead atoms. The molecule has 0 spiro atoms. The second-order valence-corrected chi connectivity index (χ2v) is 5.78. The van der Waals surface area contributed by atoms with Gasteiger partial charge in [0.05, 0.1) is 0 Å². The van der Waals surface area contributed by atoms with E-state index in [9.17, 15) is 0 Å². The number of benzene rings is 1. The van der Waals surface area contributed by atoms with Crippen molar-refractivity contribution in [2.45, 2.75) is 51.1 Å². The molecule has 0 saturated heterocycles. The Morgan fingerprint density at radius 3 is 2.65 bits per heavy atom. The van der Waals surface area contributed by atoms with E-state index in [1.54, 1.807) is 0 Å². The van der Waals surface area contributed by atoms with Gasteiger partial charge in [-0.25, -0.2) is 0 Å². The molecule has 0 aliphatic heterocycles. The Morgan fingerprint density at radius 1 is 1.35 bits per heavy atom. The second kappa shape index (κ2) is 5.60. The quantitative estimate of drug-likeness (QED) is 0.842. The predicted molar refractivity (Wildman–Crippen MR) is 75.1 cm³/mol. The molecule has 1 nitrogen and oxygen atoms in total. The summed E-state index contributed by atoms with van der Waals surface area (Å²) in [6.07, 6.45) is 3.63. The van der Waals surface area contributed by atoms with Gasteiger partial charge < -0.3 is 5.32 Å². The Hall–Kier alpha value is -0.240. The first kappa shape index (κ1) is 13.2. The average Bonchev–Trinajstić information content (AvgIpc) is 2.27. The fourth-order valence-corrected chi connectivity index (χ4v) is 2.91. The average molecular weight is 272 g/mol. The van der Waals surface area contributed by atoms with Crippen molar-refractivity contribution < 1.29 is 0 Å². The highest BCUT2D eigenvalue weighted by molar-refractivity contribution is 6.35. The summed E-state index contributed by atoms with van der Waals surface area (Å²) in [5.74, 6) is 0.550. The van der Waals surface area contributed by atoms with Gasteiger partial charge in [0.15, 0.2) is 0 Å². The van der Waals surface area contributed by atoms with Crippen molar-refractivity contribution in [1.82, 2.24) is 5.32 Å². The zero-order valence-electron chi connectivity index (χ0n) is 10.3. The Kier molecular flexibility index (Phi) is 4.35. The maximum absolute atomic E-state index is 6.26. The van der Waals surface area contributed by atoms with Crippen LogP contribution < -0.4 is 5.32 Å². The highest BCUT2D eigenvalue weighted by atomic mass is 35.5. The number of hydrogen-bond donors (Lipinski definition) is 1. The predicted octanol–water partition coefficient (Wildman–Crippen LogP) is 4.63. The summed E-state index contributed by atoms with van der Waals surface area (Å²) < 4.78 is 0. The van der Waals surface area contributed by atoms with E-state index in [-0.39, 0.29) is 0 Å². The van der Waals surface area contributed by atoms with Crippen LogP contribution in [0.2, 0.25) is 10.0 Å². The summed E-state index contributed by atoms with van der Waals surface area (Å²) in [7, 11) is 0. The van der Waals surface area contributed by atoms with Gasteiger partial charge in [-0.3, -0.25) is 0 Å². The van der Waals surface area contributed by atoms with Crippen LogP contribution in [0.25, 0.3) is 0 Å². The summed E-state index contributed by atoms with van der Waals surface area (Å²) in [5, 5.41) is 5.18. The van der Waals surface area contributed by atoms with Crippen LogP contribution in [0.5, 0.6) is 0 Å². The largest absolute Gasteiger partial charge is 0.311 e. The highest BCUT2D eigenvalue weighted by Gasteiger charge is 2.33. The van der Waals surface area contributed by atoms with Crippen molar-refractivity contribution in [3.8, 4) is 0 Å². The van der Waals surface area contributed by atoms with Crippen LogP contribution in [0, 0.1) is 0 Å². The molecule has 0 heterocycles. The Morgan fingerprint density at radius 2 is 2.12 bits per heavy atom. The molecule has 1 aromatic rings. The number of rotatable bonds is 4. The Balaban J connectivity index is 2.07. The third-order valence-electron chi connectivity index (χ3n) is 3.75. The van der Waals surface area contributed by atoms with Crippen molar-refractivity contribution in [3.05, 3.63) is 33.8 Å². The van der Waals surface area contributed by atoms with Gasteiger partial charge in [0.2, 0.25) is 0 Å². The first-order valence-corrected chi connectivity index (χ1v) is 7.08. The molecule has 3 atom stereocenters. The van der Waals surface area contributed by atoms with Crippen LogP contribution in [0.1, 0.15) is 44.6 Å². The van der Waals surface area contributed by atoms with Crippen molar-refractivity contribution in [1.29, 1.82) is 0 Å². The molecule has 17 heavy (non-hydrogen) atoms. The maximum atomic E-state index is 6.26. The molecule has 1 aliphatic rings. The van der Waals surface area contributed by atoms with E-state index in [1.807, 2.05) is 12.1 Å². The topological polar surface area (TPSA) is 12.0 Å². The third-order valence-corrected chi connectivity index (χ3v) is 4.31. The number of hydrogen-bond acceptors (Lipinski definition) is 1. The molecule has 1 N–H and O–H groups in total. The molecule has 3 heteroatoms. The summed E-state index contributed by atoms with van der Waals surface area (Å²) in [6, 6.07) is 7.00. The summed E-state index contributed by atoms with van der Waals surface area (Å²) in [4.78, 5) is 0. The zero-order chi connectivity index (χ0) is 12.4. The van der Waals surface area contributed by atoms with E-state index < -0.39 is 0 Å². The van der Waals surface area contributed by atoms with Crippen molar-refractivity contribution in [2.24, 2.45) is 0 Å². The molecule has 3 unspecified atom stereocenters. The molecule has 1 saturated carbocycles. The van der Waals surface area contributed by atoms with Crippen LogP contribution in [0.4, 0.5) is 0 Å². The van der Waals surface area contributed by atoms with Crippen molar-refractivity contribution in [2.75, 3.05) is 0 Å². The molecule has 1 aliphatic carbocycles. The third kappa shape index (κ3) is 2.96. The Labute approximate surface area is 114 Å². The standard InChI is InChI=1S/C14H19Cl2N/c1-3-9(2)17-14-7-6-12(14)11-5-4-10(15)8-13(11)16/h4-5,8-9,12,14,17H,3,6-7H2,1-2H3. The smallest absolute Gasteiger partial charge is 0.0456 e. The van der Waals surface area contributed by atoms with Gasteiger partial charge >= 0.3 is 0 Å². The van der Waals surface area contributed by atoms with E-state index in [1.165, 1.54) is 18.4 Å². The summed E-state index contributed by atoms with van der Waals surface area (Å²) >= 11 is 12.2. The highest BCUT2D eigenvalue weighted by Crippen LogP contribution is 2.41. The van der Waals surface area contributed by atoms with Gasteiger partial charge in [0.1, 0.15) is 0 Å². The van der Waals surface area contributed by atoms with Crippen LogP contribution in [-0.2, 0) is 0 Å². The number of halogens is 2. The van der Waals surface area contributed by atoms with E-state index in [0.29, 0.717) is 23.0 Å². The molecule has 2 rings (SSSR count). The van der Waals surface area contributed by atoms with Crippen molar-refractivity contribution >= 4 is 23.2 Å². The lowest BCUT2D eigenvalue weighted by molar-refractivity contribution is 0.260. The van der Waals surface area contributed by atoms with E-state index in [2.05, 4.69) is 25.2 Å². The normalized spacial score (nSPS) is 25.4.